The molecule has 0 radical (unpaired) electrons. The van der Waals surface area contributed by atoms with Gasteiger partial charge >= 0.3 is 0 Å². The fourth-order valence-electron chi connectivity index (χ4n) is 3.90. The fraction of sp³-hybridized carbons (Fsp3) is 0.500. The van der Waals surface area contributed by atoms with Crippen molar-refractivity contribution >= 4 is 5.82 Å². The SMILES string of the molecule is C[C@@H](c1ccc(-c2ncc(F)c(N3CCCC3)n2)cc1)N1CCCC1. The van der Waals surface area contributed by atoms with Crippen LogP contribution in [0, 0.1) is 5.82 Å². The first kappa shape index (κ1) is 16.5. The Morgan fingerprint density at radius 1 is 0.960 bits per heavy atom. The van der Waals surface area contributed by atoms with Crippen LogP contribution < -0.4 is 4.90 Å². The van der Waals surface area contributed by atoms with E-state index in [9.17, 15) is 4.39 Å². The second kappa shape index (κ2) is 7.08. The Hall–Kier alpha value is -2.01. The normalized spacial score (nSPS) is 19.5. The van der Waals surface area contributed by atoms with E-state index < -0.39 is 0 Å². The summed E-state index contributed by atoms with van der Waals surface area (Å²) in [5, 5.41) is 0. The molecule has 2 fully saturated rings. The highest BCUT2D eigenvalue weighted by atomic mass is 19.1. The van der Waals surface area contributed by atoms with Gasteiger partial charge in [-0.05, 0) is 51.3 Å². The van der Waals surface area contributed by atoms with Crippen LogP contribution in [0.15, 0.2) is 30.5 Å². The molecule has 0 unspecified atom stereocenters. The zero-order valence-corrected chi connectivity index (χ0v) is 14.8. The molecule has 2 aliphatic rings. The molecule has 0 saturated carbocycles. The standard InChI is InChI=1S/C20H25FN4/c1-15(24-10-2-3-11-24)16-6-8-17(9-7-16)19-22-14-18(21)20(23-19)25-12-4-5-13-25/h6-9,14-15H,2-5,10-13H2,1H3/t15-/m0/s1. The first-order valence-electron chi connectivity index (χ1n) is 9.34. The molecule has 1 atom stereocenters. The molecule has 0 amide bonds. The van der Waals surface area contributed by atoms with Crippen LogP contribution >= 0.6 is 0 Å². The summed E-state index contributed by atoms with van der Waals surface area (Å²) in [6, 6.07) is 8.86. The molecule has 4 nitrogen and oxygen atoms in total. The summed E-state index contributed by atoms with van der Waals surface area (Å²) in [6.45, 7) is 6.38. The summed E-state index contributed by atoms with van der Waals surface area (Å²) in [6.07, 6.45) is 6.09. The number of aromatic nitrogens is 2. The van der Waals surface area contributed by atoms with Crippen LogP contribution in [0.2, 0.25) is 0 Å². The molecule has 132 valence electrons. The molecule has 25 heavy (non-hydrogen) atoms. The highest BCUT2D eigenvalue weighted by molar-refractivity contribution is 5.58. The average molecular weight is 340 g/mol. The van der Waals surface area contributed by atoms with Crippen LogP contribution in [0.5, 0.6) is 0 Å². The lowest BCUT2D eigenvalue weighted by atomic mass is 10.0. The number of benzene rings is 1. The molecule has 0 N–H and O–H groups in total. The Morgan fingerprint density at radius 2 is 1.60 bits per heavy atom. The molecule has 3 heterocycles. The summed E-state index contributed by atoms with van der Waals surface area (Å²) in [4.78, 5) is 13.3. The van der Waals surface area contributed by atoms with Crippen LogP contribution in [0.4, 0.5) is 10.2 Å². The number of likely N-dealkylation sites (tertiary alicyclic amines) is 1. The van der Waals surface area contributed by atoms with Crippen LogP contribution in [0.25, 0.3) is 11.4 Å². The minimum absolute atomic E-state index is 0.329. The van der Waals surface area contributed by atoms with Gasteiger partial charge in [0, 0.05) is 24.7 Å². The number of hydrogen-bond acceptors (Lipinski definition) is 4. The Kier molecular flexibility index (Phi) is 4.66. The number of nitrogens with zero attached hydrogens (tertiary/aromatic N) is 4. The molecule has 1 aromatic carbocycles. The van der Waals surface area contributed by atoms with Crippen molar-refractivity contribution in [1.29, 1.82) is 0 Å². The van der Waals surface area contributed by atoms with E-state index in [1.807, 2.05) is 4.90 Å². The largest absolute Gasteiger partial charge is 0.354 e. The minimum Gasteiger partial charge on any atom is -0.354 e. The smallest absolute Gasteiger partial charge is 0.183 e. The summed E-state index contributed by atoms with van der Waals surface area (Å²) < 4.78 is 14.1. The molecular weight excluding hydrogens is 315 g/mol. The van der Waals surface area contributed by atoms with Gasteiger partial charge in [0.05, 0.1) is 6.20 Å². The van der Waals surface area contributed by atoms with E-state index >= 15 is 0 Å². The third-order valence-corrected chi connectivity index (χ3v) is 5.47. The van der Waals surface area contributed by atoms with Crippen LogP contribution in [0.1, 0.15) is 44.2 Å². The van der Waals surface area contributed by atoms with Gasteiger partial charge in [-0.15, -0.1) is 0 Å². The van der Waals surface area contributed by atoms with Gasteiger partial charge in [-0.1, -0.05) is 24.3 Å². The highest BCUT2D eigenvalue weighted by Gasteiger charge is 2.21. The molecule has 4 rings (SSSR count). The van der Waals surface area contributed by atoms with Gasteiger partial charge in [0.2, 0.25) is 0 Å². The van der Waals surface area contributed by atoms with E-state index in [0.717, 1.165) is 31.5 Å². The van der Waals surface area contributed by atoms with E-state index in [-0.39, 0.29) is 5.82 Å². The van der Waals surface area contributed by atoms with Gasteiger partial charge in [0.1, 0.15) is 0 Å². The Labute approximate surface area is 148 Å². The van der Waals surface area contributed by atoms with Crippen LogP contribution in [-0.4, -0.2) is 41.0 Å². The highest BCUT2D eigenvalue weighted by Crippen LogP contribution is 2.28. The third kappa shape index (κ3) is 3.38. The number of hydrogen-bond donors (Lipinski definition) is 0. The lowest BCUT2D eigenvalue weighted by molar-refractivity contribution is 0.263. The van der Waals surface area contributed by atoms with Crippen molar-refractivity contribution in [1.82, 2.24) is 14.9 Å². The van der Waals surface area contributed by atoms with Crippen molar-refractivity contribution in [3.05, 3.63) is 41.8 Å². The quantitative estimate of drug-likeness (QED) is 0.841. The predicted octanol–water partition coefficient (Wildman–Crippen LogP) is 4.04. The monoisotopic (exact) mass is 340 g/mol. The third-order valence-electron chi connectivity index (χ3n) is 5.47. The maximum absolute atomic E-state index is 14.1. The Morgan fingerprint density at radius 3 is 2.28 bits per heavy atom. The Bertz CT molecular complexity index is 719. The second-order valence-electron chi connectivity index (χ2n) is 7.10. The van der Waals surface area contributed by atoms with Gasteiger partial charge in [-0.3, -0.25) is 4.90 Å². The fourth-order valence-corrected chi connectivity index (χ4v) is 3.90. The van der Waals surface area contributed by atoms with Crippen LogP contribution in [-0.2, 0) is 0 Å². The minimum atomic E-state index is -0.329. The lowest BCUT2D eigenvalue weighted by Crippen LogP contribution is -2.23. The molecule has 2 aromatic rings. The zero-order chi connectivity index (χ0) is 17.2. The van der Waals surface area contributed by atoms with Gasteiger partial charge in [0.15, 0.2) is 17.5 Å². The summed E-state index contributed by atoms with van der Waals surface area (Å²) in [5.74, 6) is 0.714. The summed E-state index contributed by atoms with van der Waals surface area (Å²) >= 11 is 0. The maximum atomic E-state index is 14.1. The van der Waals surface area contributed by atoms with Gasteiger partial charge < -0.3 is 4.90 Å². The maximum Gasteiger partial charge on any atom is 0.183 e. The van der Waals surface area contributed by atoms with Crippen molar-refractivity contribution < 1.29 is 4.39 Å². The van der Waals surface area contributed by atoms with Crippen molar-refractivity contribution in [3.63, 3.8) is 0 Å². The molecule has 0 spiro atoms. The molecule has 1 aromatic heterocycles. The number of halogens is 1. The van der Waals surface area contributed by atoms with Crippen molar-refractivity contribution in [2.75, 3.05) is 31.1 Å². The molecule has 0 bridgehead atoms. The molecule has 0 aliphatic carbocycles. The zero-order valence-electron chi connectivity index (χ0n) is 14.8. The van der Waals surface area contributed by atoms with Gasteiger partial charge in [-0.2, -0.15) is 0 Å². The van der Waals surface area contributed by atoms with E-state index in [2.05, 4.69) is 46.1 Å². The molecular formula is C20H25FN4. The topological polar surface area (TPSA) is 32.3 Å². The van der Waals surface area contributed by atoms with Crippen LogP contribution in [0.3, 0.4) is 0 Å². The van der Waals surface area contributed by atoms with E-state index in [1.165, 1.54) is 37.7 Å². The first-order chi connectivity index (χ1) is 12.2. The average Bonchev–Trinajstić information content (AvgIpc) is 3.35. The molecule has 2 saturated heterocycles. The molecule has 2 aliphatic heterocycles. The van der Waals surface area contributed by atoms with E-state index in [0.29, 0.717) is 17.7 Å². The van der Waals surface area contributed by atoms with Crippen molar-refractivity contribution in [2.45, 2.75) is 38.6 Å². The predicted molar refractivity (Wildman–Crippen MR) is 98.1 cm³/mol. The Balaban J connectivity index is 1.56. The van der Waals surface area contributed by atoms with Crippen molar-refractivity contribution in [2.24, 2.45) is 0 Å². The second-order valence-corrected chi connectivity index (χ2v) is 7.10. The number of anilines is 1. The lowest BCUT2D eigenvalue weighted by Gasteiger charge is -2.24. The van der Waals surface area contributed by atoms with E-state index in [4.69, 9.17) is 0 Å². The van der Waals surface area contributed by atoms with E-state index in [1.54, 1.807) is 0 Å². The van der Waals surface area contributed by atoms with Gasteiger partial charge in [0.25, 0.3) is 0 Å². The summed E-state index contributed by atoms with van der Waals surface area (Å²) in [5.41, 5.74) is 2.25. The first-order valence-corrected chi connectivity index (χ1v) is 9.34. The summed E-state index contributed by atoms with van der Waals surface area (Å²) in [7, 11) is 0. The van der Waals surface area contributed by atoms with Crippen molar-refractivity contribution in [3.8, 4) is 11.4 Å². The molecule has 5 heteroatoms. The van der Waals surface area contributed by atoms with Gasteiger partial charge in [-0.25, -0.2) is 14.4 Å². The number of rotatable bonds is 4.